The topological polar surface area (TPSA) is 39.2 Å². The first-order valence-electron chi connectivity index (χ1n) is 5.55. The molecule has 6 heteroatoms. The van der Waals surface area contributed by atoms with Crippen molar-refractivity contribution < 1.29 is 9.53 Å². The number of ether oxygens (including phenoxy) is 1. The zero-order valence-electron chi connectivity index (χ0n) is 9.91. The molecule has 0 aromatic carbocycles. The van der Waals surface area contributed by atoms with Crippen LogP contribution in [0.1, 0.15) is 19.3 Å². The maximum absolute atomic E-state index is 11.3. The highest BCUT2D eigenvalue weighted by Gasteiger charge is 2.44. The highest BCUT2D eigenvalue weighted by molar-refractivity contribution is 7.99. The zero-order valence-corrected chi connectivity index (χ0v) is 12.2. The Bertz CT molecular complexity index is 463. The van der Waals surface area contributed by atoms with E-state index < -0.39 is 0 Å². The number of carbonyl (C=O) groups is 1. The van der Waals surface area contributed by atoms with E-state index >= 15 is 0 Å². The predicted octanol–water partition coefficient (Wildman–Crippen LogP) is 3.82. The molecule has 0 saturated heterocycles. The number of pyridine rings is 1. The van der Waals surface area contributed by atoms with Crippen molar-refractivity contribution in [3.8, 4) is 0 Å². The van der Waals surface area contributed by atoms with Crippen LogP contribution in [-0.4, -0.2) is 23.8 Å². The molecule has 0 N–H and O–H groups in total. The number of halogens is 2. The lowest BCUT2D eigenvalue weighted by atomic mass is 10.1. The Morgan fingerprint density at radius 2 is 2.28 bits per heavy atom. The van der Waals surface area contributed by atoms with Crippen molar-refractivity contribution in [1.82, 2.24) is 4.98 Å². The molecule has 1 aromatic rings. The summed E-state index contributed by atoms with van der Waals surface area (Å²) in [6.07, 6.45) is 4.16. The van der Waals surface area contributed by atoms with Gasteiger partial charge in [-0.05, 0) is 24.3 Å². The molecule has 1 aliphatic carbocycles. The monoisotopic (exact) mass is 305 g/mol. The molecule has 0 unspecified atom stereocenters. The second-order valence-corrected chi connectivity index (χ2v) is 6.29. The fourth-order valence-electron chi connectivity index (χ4n) is 1.66. The van der Waals surface area contributed by atoms with E-state index in [1.165, 1.54) is 7.11 Å². The van der Waals surface area contributed by atoms with E-state index in [1.54, 1.807) is 24.0 Å². The molecular weight excluding hydrogens is 293 g/mol. The van der Waals surface area contributed by atoms with Crippen LogP contribution in [0.25, 0.3) is 0 Å². The molecule has 0 atom stereocenters. The molecule has 1 aromatic heterocycles. The van der Waals surface area contributed by atoms with E-state index in [-0.39, 0.29) is 11.4 Å². The summed E-state index contributed by atoms with van der Waals surface area (Å²) in [6.45, 7) is 0. The molecule has 0 radical (unpaired) electrons. The molecular formula is C12H13Cl2NO2S. The van der Waals surface area contributed by atoms with E-state index in [4.69, 9.17) is 27.9 Å². The molecule has 1 fully saturated rings. The quantitative estimate of drug-likeness (QED) is 0.612. The van der Waals surface area contributed by atoms with Crippen LogP contribution < -0.4 is 0 Å². The van der Waals surface area contributed by atoms with E-state index in [9.17, 15) is 4.79 Å². The summed E-state index contributed by atoms with van der Waals surface area (Å²) in [5, 5.41) is 1.85. The van der Waals surface area contributed by atoms with E-state index in [2.05, 4.69) is 4.98 Å². The Hall–Kier alpha value is -0.450. The molecule has 1 aliphatic rings. The van der Waals surface area contributed by atoms with Crippen LogP contribution in [0, 0.1) is 5.41 Å². The van der Waals surface area contributed by atoms with Gasteiger partial charge in [0.15, 0.2) is 0 Å². The lowest BCUT2D eigenvalue weighted by Gasteiger charge is -2.13. The Kier molecular flexibility index (Phi) is 4.41. The molecule has 0 amide bonds. The van der Waals surface area contributed by atoms with Gasteiger partial charge in [0.25, 0.3) is 0 Å². The molecule has 0 bridgehead atoms. The normalized spacial score (nSPS) is 16.4. The fourth-order valence-corrected chi connectivity index (χ4v) is 3.36. The summed E-state index contributed by atoms with van der Waals surface area (Å²) in [4.78, 5) is 15.5. The third-order valence-corrected chi connectivity index (χ3v) is 4.96. The van der Waals surface area contributed by atoms with Crippen LogP contribution in [0.3, 0.4) is 0 Å². The third kappa shape index (κ3) is 3.53. The summed E-state index contributed by atoms with van der Waals surface area (Å²) in [5.41, 5.74) is 0.0718. The minimum atomic E-state index is -0.150. The van der Waals surface area contributed by atoms with E-state index in [0.717, 1.165) is 23.6 Å². The Balaban J connectivity index is 1.93. The van der Waals surface area contributed by atoms with Crippen LogP contribution in [-0.2, 0) is 9.53 Å². The smallest absolute Gasteiger partial charge is 0.306 e. The predicted molar refractivity (Wildman–Crippen MR) is 73.3 cm³/mol. The van der Waals surface area contributed by atoms with Gasteiger partial charge in [-0.15, -0.1) is 11.8 Å². The van der Waals surface area contributed by atoms with Crippen LogP contribution in [0.15, 0.2) is 17.3 Å². The number of hydrogen-bond acceptors (Lipinski definition) is 4. The van der Waals surface area contributed by atoms with E-state index in [0.29, 0.717) is 16.5 Å². The summed E-state index contributed by atoms with van der Waals surface area (Å²) >= 11 is 13.4. The van der Waals surface area contributed by atoms with Gasteiger partial charge in [-0.2, -0.15) is 0 Å². The summed E-state index contributed by atoms with van der Waals surface area (Å²) < 4.78 is 4.71. The van der Waals surface area contributed by atoms with Crippen molar-refractivity contribution in [3.63, 3.8) is 0 Å². The van der Waals surface area contributed by atoms with Gasteiger partial charge in [0.2, 0.25) is 0 Å². The first kappa shape index (κ1) is 14.0. The van der Waals surface area contributed by atoms with Crippen molar-refractivity contribution in [1.29, 1.82) is 0 Å². The average molecular weight is 306 g/mol. The number of rotatable bonds is 5. The lowest BCUT2D eigenvalue weighted by molar-refractivity contribution is -0.141. The molecule has 0 aliphatic heterocycles. The second kappa shape index (κ2) is 5.68. The first-order valence-corrected chi connectivity index (χ1v) is 7.29. The van der Waals surface area contributed by atoms with Gasteiger partial charge >= 0.3 is 5.97 Å². The largest absolute Gasteiger partial charge is 0.469 e. The highest BCUT2D eigenvalue weighted by atomic mass is 35.5. The Morgan fingerprint density at radius 3 is 2.83 bits per heavy atom. The summed E-state index contributed by atoms with van der Waals surface area (Å²) in [6, 6.07) is 1.68. The van der Waals surface area contributed by atoms with Crippen LogP contribution in [0.4, 0.5) is 0 Å². The van der Waals surface area contributed by atoms with Gasteiger partial charge in [0.1, 0.15) is 5.03 Å². The SMILES string of the molecule is COC(=O)CC1(CSc2ncc(Cl)cc2Cl)CC1. The number of thioether (sulfide) groups is 1. The number of aromatic nitrogens is 1. The molecule has 98 valence electrons. The second-order valence-electron chi connectivity index (χ2n) is 4.48. The molecule has 1 saturated carbocycles. The number of hydrogen-bond donors (Lipinski definition) is 0. The van der Waals surface area contributed by atoms with Crippen LogP contribution >= 0.6 is 35.0 Å². The molecule has 0 spiro atoms. The maximum atomic E-state index is 11.3. The van der Waals surface area contributed by atoms with Gasteiger partial charge in [-0.25, -0.2) is 4.98 Å². The average Bonchev–Trinajstić information content (AvgIpc) is 3.08. The third-order valence-electron chi connectivity index (χ3n) is 2.99. The van der Waals surface area contributed by atoms with Gasteiger partial charge < -0.3 is 4.74 Å². The van der Waals surface area contributed by atoms with Crippen molar-refractivity contribution in [2.75, 3.05) is 12.9 Å². The fraction of sp³-hybridized carbons (Fsp3) is 0.500. The van der Waals surface area contributed by atoms with Gasteiger partial charge in [0.05, 0.1) is 23.6 Å². The van der Waals surface area contributed by atoms with Gasteiger partial charge in [0, 0.05) is 11.9 Å². The van der Waals surface area contributed by atoms with Crippen molar-refractivity contribution in [2.45, 2.75) is 24.3 Å². The number of methoxy groups -OCH3 is 1. The zero-order chi connectivity index (χ0) is 13.2. The minimum absolute atomic E-state index is 0.0718. The van der Waals surface area contributed by atoms with Crippen LogP contribution in [0.5, 0.6) is 0 Å². The molecule has 18 heavy (non-hydrogen) atoms. The number of carbonyl (C=O) groups excluding carboxylic acids is 1. The minimum Gasteiger partial charge on any atom is -0.469 e. The first-order chi connectivity index (χ1) is 8.54. The Labute approximate surface area is 120 Å². The number of nitrogens with zero attached hydrogens (tertiary/aromatic N) is 1. The van der Waals surface area contributed by atoms with Gasteiger partial charge in [-0.3, -0.25) is 4.79 Å². The maximum Gasteiger partial charge on any atom is 0.306 e. The van der Waals surface area contributed by atoms with E-state index in [1.807, 2.05) is 0 Å². The number of esters is 1. The van der Waals surface area contributed by atoms with Crippen LogP contribution in [0.2, 0.25) is 10.0 Å². The Morgan fingerprint density at radius 1 is 1.56 bits per heavy atom. The summed E-state index contributed by atoms with van der Waals surface area (Å²) in [5.74, 6) is 0.680. The molecule has 3 nitrogen and oxygen atoms in total. The standard InChI is InChI=1S/C12H13Cl2NO2S/c1-17-10(16)5-12(2-3-12)7-18-11-9(14)4-8(13)6-15-11/h4,6H,2-3,5,7H2,1H3. The lowest BCUT2D eigenvalue weighted by Crippen LogP contribution is -2.13. The van der Waals surface area contributed by atoms with Crippen molar-refractivity contribution >= 4 is 40.9 Å². The highest BCUT2D eigenvalue weighted by Crippen LogP contribution is 2.52. The van der Waals surface area contributed by atoms with Crippen molar-refractivity contribution in [2.24, 2.45) is 5.41 Å². The van der Waals surface area contributed by atoms with Gasteiger partial charge in [-0.1, -0.05) is 23.2 Å². The molecule has 2 rings (SSSR count). The molecule has 1 heterocycles. The summed E-state index contributed by atoms with van der Waals surface area (Å²) in [7, 11) is 1.42. The van der Waals surface area contributed by atoms with Crippen molar-refractivity contribution in [3.05, 3.63) is 22.3 Å².